The molecule has 2 aromatic rings. The zero-order valence-electron chi connectivity index (χ0n) is 14.5. The summed E-state index contributed by atoms with van der Waals surface area (Å²) in [5, 5.41) is 0. The highest BCUT2D eigenvalue weighted by molar-refractivity contribution is 7.80. The van der Waals surface area contributed by atoms with Gasteiger partial charge in [0.1, 0.15) is 5.75 Å². The van der Waals surface area contributed by atoms with E-state index in [9.17, 15) is 22.3 Å². The molecule has 0 bridgehead atoms. The van der Waals surface area contributed by atoms with Crippen molar-refractivity contribution >= 4 is 28.8 Å². The first-order valence-electron chi connectivity index (χ1n) is 7.89. The molecule has 1 aliphatic heterocycles. The smallest absolute Gasteiger partial charge is 0.387 e. The van der Waals surface area contributed by atoms with Crippen molar-refractivity contribution in [3.63, 3.8) is 0 Å². The van der Waals surface area contributed by atoms with E-state index in [1.165, 1.54) is 43.4 Å². The van der Waals surface area contributed by atoms with Crippen molar-refractivity contribution in [1.82, 2.24) is 4.90 Å². The van der Waals surface area contributed by atoms with Gasteiger partial charge in [-0.05, 0) is 35.4 Å². The van der Waals surface area contributed by atoms with Gasteiger partial charge in [0.15, 0.2) is 11.5 Å². The average molecular weight is 409 g/mol. The molecule has 0 saturated heterocycles. The average Bonchev–Trinajstić information content (AvgIpc) is 2.86. The number of alkyl halides is 2. The summed E-state index contributed by atoms with van der Waals surface area (Å²) in [6.07, 6.45) is 0. The van der Waals surface area contributed by atoms with Crippen LogP contribution in [0.25, 0.3) is 0 Å². The van der Waals surface area contributed by atoms with E-state index in [1.807, 2.05) is 0 Å². The summed E-state index contributed by atoms with van der Waals surface area (Å²) in [7, 11) is 1.45. The molecule has 3 N–H and O–H groups in total. The lowest BCUT2D eigenvalue weighted by molar-refractivity contribution is -0.129. The number of ether oxygens (including phenoxy) is 1. The standard InChI is InChI=1S/C17H16F2N4O4S/c1-23-14(24)17(21-16(23)20,10-5-7-13(8-6-10)27-15(18)19)11-3-2-4-12(9-11)22-28(25)26/h2-9,15,22H,1H3,(H2,20,21)(H,25,26)/p-1. The number of nitrogens with two attached hydrogens (primary N) is 1. The Morgan fingerprint density at radius 3 is 2.46 bits per heavy atom. The molecular weight excluding hydrogens is 394 g/mol. The van der Waals surface area contributed by atoms with E-state index < -0.39 is 29.3 Å². The maximum atomic E-state index is 13.1. The second-order valence-electron chi connectivity index (χ2n) is 5.87. The van der Waals surface area contributed by atoms with Crippen molar-refractivity contribution in [2.24, 2.45) is 10.7 Å². The Labute approximate surface area is 161 Å². The third kappa shape index (κ3) is 3.53. The Hall–Kier alpha value is -3.05. The molecule has 1 heterocycles. The molecule has 0 aromatic heterocycles. The molecule has 1 amide bonds. The van der Waals surface area contributed by atoms with E-state index in [4.69, 9.17) is 5.73 Å². The topological polar surface area (TPSA) is 120 Å². The fourth-order valence-corrected chi connectivity index (χ4v) is 3.29. The van der Waals surface area contributed by atoms with Crippen LogP contribution in [0.4, 0.5) is 14.5 Å². The van der Waals surface area contributed by atoms with Crippen LogP contribution in [0.2, 0.25) is 0 Å². The lowest BCUT2D eigenvalue weighted by Crippen LogP contribution is -2.41. The molecule has 28 heavy (non-hydrogen) atoms. The Bertz CT molecular complexity index is 954. The van der Waals surface area contributed by atoms with E-state index in [-0.39, 0.29) is 17.4 Å². The number of amides is 1. The molecule has 0 spiro atoms. The largest absolute Gasteiger partial charge is 0.755 e. The fraction of sp³-hybridized carbons (Fsp3) is 0.176. The summed E-state index contributed by atoms with van der Waals surface area (Å²) in [5.41, 5.74) is 5.18. The van der Waals surface area contributed by atoms with Crippen LogP contribution in [0.3, 0.4) is 0 Å². The summed E-state index contributed by atoms with van der Waals surface area (Å²) in [4.78, 5) is 18.6. The van der Waals surface area contributed by atoms with Crippen molar-refractivity contribution in [3.8, 4) is 5.75 Å². The van der Waals surface area contributed by atoms with Crippen LogP contribution in [-0.2, 0) is 21.6 Å². The molecule has 2 unspecified atom stereocenters. The van der Waals surface area contributed by atoms with Crippen LogP contribution in [0.5, 0.6) is 5.75 Å². The molecule has 0 aliphatic carbocycles. The van der Waals surface area contributed by atoms with Gasteiger partial charge in [0.05, 0.1) is 0 Å². The SMILES string of the molecule is CN1C(=O)C(c2ccc(OC(F)F)cc2)(c2cccc(NS(=O)[O-])c2)N=C1N. The molecule has 11 heteroatoms. The van der Waals surface area contributed by atoms with Gasteiger partial charge >= 0.3 is 6.61 Å². The number of benzene rings is 2. The van der Waals surface area contributed by atoms with Gasteiger partial charge in [-0.2, -0.15) is 8.78 Å². The molecule has 1 aliphatic rings. The number of hydrogen-bond donors (Lipinski definition) is 2. The van der Waals surface area contributed by atoms with Gasteiger partial charge in [0.25, 0.3) is 5.91 Å². The van der Waals surface area contributed by atoms with Crippen molar-refractivity contribution in [1.29, 1.82) is 0 Å². The van der Waals surface area contributed by atoms with Gasteiger partial charge in [-0.15, -0.1) is 0 Å². The van der Waals surface area contributed by atoms with Crippen LogP contribution >= 0.6 is 0 Å². The van der Waals surface area contributed by atoms with Crippen LogP contribution in [0.1, 0.15) is 11.1 Å². The molecule has 3 rings (SSSR count). The number of guanidine groups is 1. The number of rotatable bonds is 6. The summed E-state index contributed by atoms with van der Waals surface area (Å²) in [6, 6.07) is 11.5. The molecule has 8 nitrogen and oxygen atoms in total. The predicted octanol–water partition coefficient (Wildman–Crippen LogP) is 1.52. The third-order valence-corrected chi connectivity index (χ3v) is 4.62. The molecule has 0 fully saturated rings. The molecule has 2 aromatic carbocycles. The maximum absolute atomic E-state index is 13.1. The van der Waals surface area contributed by atoms with Gasteiger partial charge in [0, 0.05) is 24.0 Å². The Morgan fingerprint density at radius 1 is 1.25 bits per heavy atom. The van der Waals surface area contributed by atoms with E-state index >= 15 is 0 Å². The zero-order valence-corrected chi connectivity index (χ0v) is 15.3. The number of aliphatic imine (C=N–C) groups is 1. The van der Waals surface area contributed by atoms with Crippen molar-refractivity contribution < 1.29 is 27.1 Å². The van der Waals surface area contributed by atoms with Crippen LogP contribution in [-0.4, -0.2) is 39.2 Å². The Morgan fingerprint density at radius 2 is 1.93 bits per heavy atom. The lowest BCUT2D eigenvalue weighted by atomic mass is 9.82. The van der Waals surface area contributed by atoms with Gasteiger partial charge < -0.3 is 19.7 Å². The van der Waals surface area contributed by atoms with Crippen molar-refractivity contribution in [2.45, 2.75) is 12.2 Å². The minimum absolute atomic E-state index is 0.0383. The number of halogens is 2. The normalized spacial score (nSPS) is 20.2. The summed E-state index contributed by atoms with van der Waals surface area (Å²) < 4.78 is 53.2. The van der Waals surface area contributed by atoms with Crippen LogP contribution < -0.4 is 15.2 Å². The summed E-state index contributed by atoms with van der Waals surface area (Å²) >= 11 is -2.56. The monoisotopic (exact) mass is 409 g/mol. The number of nitrogens with one attached hydrogen (secondary N) is 1. The minimum atomic E-state index is -2.98. The van der Waals surface area contributed by atoms with E-state index in [2.05, 4.69) is 14.5 Å². The molecular formula is C17H15F2N4O4S-. The quantitative estimate of drug-likeness (QED) is 0.701. The highest BCUT2D eigenvalue weighted by Crippen LogP contribution is 2.40. The van der Waals surface area contributed by atoms with Crippen LogP contribution in [0, 0.1) is 0 Å². The Balaban J connectivity index is 2.13. The zero-order chi connectivity index (χ0) is 20.5. The lowest BCUT2D eigenvalue weighted by Gasteiger charge is -2.27. The minimum Gasteiger partial charge on any atom is -0.755 e. The summed E-state index contributed by atoms with van der Waals surface area (Å²) in [5.74, 6) is -0.599. The number of nitrogens with zero attached hydrogens (tertiary/aromatic N) is 2. The summed E-state index contributed by atoms with van der Waals surface area (Å²) in [6.45, 7) is -2.98. The number of carbonyl (C=O) groups excluding carboxylic acids is 1. The van der Waals surface area contributed by atoms with Gasteiger partial charge in [-0.1, -0.05) is 24.3 Å². The first kappa shape index (κ1) is 19.7. The van der Waals surface area contributed by atoms with Crippen molar-refractivity contribution in [2.75, 3.05) is 11.8 Å². The Kier molecular flexibility index (Phi) is 5.29. The molecule has 2 atom stereocenters. The van der Waals surface area contributed by atoms with E-state index in [1.54, 1.807) is 12.1 Å². The van der Waals surface area contributed by atoms with E-state index in [0.717, 1.165) is 4.90 Å². The molecule has 148 valence electrons. The number of carbonyl (C=O) groups is 1. The van der Waals surface area contributed by atoms with Gasteiger partial charge in [-0.3, -0.25) is 13.9 Å². The molecule has 0 saturated carbocycles. The highest BCUT2D eigenvalue weighted by atomic mass is 32.2. The van der Waals surface area contributed by atoms with Gasteiger partial charge in [-0.25, -0.2) is 4.99 Å². The highest BCUT2D eigenvalue weighted by Gasteiger charge is 2.49. The first-order valence-corrected chi connectivity index (χ1v) is 8.97. The van der Waals surface area contributed by atoms with Crippen molar-refractivity contribution in [3.05, 3.63) is 59.7 Å². The van der Waals surface area contributed by atoms with Gasteiger partial charge in [0.2, 0.25) is 0 Å². The van der Waals surface area contributed by atoms with Crippen LogP contribution in [0.15, 0.2) is 53.5 Å². The fourth-order valence-electron chi connectivity index (χ4n) is 2.97. The second kappa shape index (κ2) is 7.52. The number of anilines is 1. The number of likely N-dealkylation sites (N-methyl/N-ethyl adjacent to an activating group) is 1. The van der Waals surface area contributed by atoms with E-state index in [0.29, 0.717) is 11.1 Å². The predicted molar refractivity (Wildman–Crippen MR) is 97.2 cm³/mol. The first-order chi connectivity index (χ1) is 13.2. The maximum Gasteiger partial charge on any atom is 0.387 e. The molecule has 0 radical (unpaired) electrons. The third-order valence-electron chi connectivity index (χ3n) is 4.22. The second-order valence-corrected chi connectivity index (χ2v) is 6.54. The number of hydrogen-bond acceptors (Lipinski definition) is 6.